The molecule has 1 aliphatic carbocycles. The van der Waals surface area contributed by atoms with Gasteiger partial charge in [0.2, 0.25) is 5.91 Å². The van der Waals surface area contributed by atoms with Crippen LogP contribution >= 0.6 is 0 Å². The van der Waals surface area contributed by atoms with Crippen LogP contribution in [-0.2, 0) is 16.8 Å². The summed E-state index contributed by atoms with van der Waals surface area (Å²) >= 11 is 0. The van der Waals surface area contributed by atoms with Gasteiger partial charge in [0.05, 0.1) is 18.4 Å². The number of carbonyl (C=O) groups excluding carboxylic acids is 1. The summed E-state index contributed by atoms with van der Waals surface area (Å²) < 4.78 is 1.87. The second-order valence-electron chi connectivity index (χ2n) is 9.16. The van der Waals surface area contributed by atoms with E-state index in [0.717, 1.165) is 12.1 Å². The van der Waals surface area contributed by atoms with Crippen molar-refractivity contribution in [3.8, 4) is 0 Å². The number of aryl methyl sites for hydroxylation is 1. The zero-order valence-electron chi connectivity index (χ0n) is 17.6. The molecule has 29 heavy (non-hydrogen) atoms. The lowest BCUT2D eigenvalue weighted by atomic mass is 9.86. The van der Waals surface area contributed by atoms with E-state index < -0.39 is 0 Å². The van der Waals surface area contributed by atoms with E-state index >= 15 is 0 Å². The minimum absolute atomic E-state index is 0.0511. The summed E-state index contributed by atoms with van der Waals surface area (Å²) in [6.07, 6.45) is 4.55. The molecule has 4 nitrogen and oxygen atoms in total. The van der Waals surface area contributed by atoms with Crippen molar-refractivity contribution in [2.24, 2.45) is 5.92 Å². The van der Waals surface area contributed by atoms with Crippen LogP contribution < -0.4 is 5.32 Å². The molecule has 2 aromatic carbocycles. The average Bonchev–Trinajstić information content (AvgIpc) is 3.37. The summed E-state index contributed by atoms with van der Waals surface area (Å²) in [5.41, 5.74) is 5.97. The fourth-order valence-corrected chi connectivity index (χ4v) is 3.80. The Labute approximate surface area is 173 Å². The number of hydrogen-bond acceptors (Lipinski definition) is 2. The molecule has 1 amide bonds. The highest BCUT2D eigenvalue weighted by atomic mass is 16.2. The van der Waals surface area contributed by atoms with Crippen LogP contribution in [0.25, 0.3) is 0 Å². The van der Waals surface area contributed by atoms with Crippen molar-refractivity contribution in [3.63, 3.8) is 0 Å². The zero-order valence-corrected chi connectivity index (χ0v) is 17.6. The molecule has 1 aromatic heterocycles. The fraction of sp³-hybridized carbons (Fsp3) is 0.360. The Kier molecular flexibility index (Phi) is 5.03. The van der Waals surface area contributed by atoms with Crippen molar-refractivity contribution >= 4 is 11.6 Å². The summed E-state index contributed by atoms with van der Waals surface area (Å²) in [7, 11) is 0. The molecule has 1 heterocycles. The molecule has 1 aliphatic rings. The lowest BCUT2D eigenvalue weighted by molar-refractivity contribution is -0.117. The van der Waals surface area contributed by atoms with Crippen molar-refractivity contribution in [3.05, 3.63) is 83.2 Å². The normalized spacial score (nSPS) is 18.5. The molecule has 1 N–H and O–H groups in total. The van der Waals surface area contributed by atoms with E-state index in [9.17, 15) is 4.79 Å². The van der Waals surface area contributed by atoms with Gasteiger partial charge in [-0.2, -0.15) is 5.10 Å². The lowest BCUT2D eigenvalue weighted by Crippen LogP contribution is -2.14. The third-order valence-electron chi connectivity index (χ3n) is 5.83. The second kappa shape index (κ2) is 7.51. The van der Waals surface area contributed by atoms with Crippen molar-refractivity contribution in [1.29, 1.82) is 0 Å². The molecule has 1 fully saturated rings. The van der Waals surface area contributed by atoms with E-state index in [2.05, 4.69) is 74.5 Å². The van der Waals surface area contributed by atoms with Gasteiger partial charge in [-0.25, -0.2) is 0 Å². The van der Waals surface area contributed by atoms with E-state index in [1.165, 1.54) is 22.3 Å². The molecular formula is C25H29N3O. The number of nitrogens with one attached hydrogen (secondary N) is 1. The quantitative estimate of drug-likeness (QED) is 0.647. The third kappa shape index (κ3) is 4.42. The van der Waals surface area contributed by atoms with Crippen molar-refractivity contribution in [2.75, 3.05) is 5.32 Å². The first-order valence-electron chi connectivity index (χ1n) is 10.3. The highest BCUT2D eigenvalue weighted by Crippen LogP contribution is 2.48. The molecule has 2 atom stereocenters. The Morgan fingerprint density at radius 3 is 2.55 bits per heavy atom. The molecule has 0 saturated heterocycles. The lowest BCUT2D eigenvalue weighted by Gasteiger charge is -2.19. The molecule has 4 rings (SSSR count). The molecule has 150 valence electrons. The van der Waals surface area contributed by atoms with E-state index in [0.29, 0.717) is 12.5 Å². The molecule has 3 aromatic rings. The van der Waals surface area contributed by atoms with Gasteiger partial charge in [-0.05, 0) is 46.9 Å². The van der Waals surface area contributed by atoms with E-state index in [1.807, 2.05) is 23.0 Å². The number of rotatable bonds is 5. The SMILES string of the molecule is Cc1ccccc1Cn1cc(NC(=O)[C@H]2C[C@@H]2c2ccc(C(C)(C)C)cc2)cn1. The number of hydrogen-bond donors (Lipinski definition) is 1. The number of aromatic nitrogens is 2. The van der Waals surface area contributed by atoms with Gasteiger partial charge in [-0.1, -0.05) is 69.3 Å². The minimum Gasteiger partial charge on any atom is -0.323 e. The largest absolute Gasteiger partial charge is 0.323 e. The molecule has 0 unspecified atom stereocenters. The highest BCUT2D eigenvalue weighted by Gasteiger charge is 2.44. The highest BCUT2D eigenvalue weighted by molar-refractivity contribution is 5.95. The fourth-order valence-electron chi connectivity index (χ4n) is 3.80. The maximum absolute atomic E-state index is 12.7. The van der Waals surface area contributed by atoms with Crippen LogP contribution in [0.15, 0.2) is 60.9 Å². The predicted octanol–water partition coefficient (Wildman–Crippen LogP) is 5.28. The van der Waals surface area contributed by atoms with Crippen LogP contribution in [-0.4, -0.2) is 15.7 Å². The van der Waals surface area contributed by atoms with Gasteiger partial charge in [-0.15, -0.1) is 0 Å². The monoisotopic (exact) mass is 387 g/mol. The standard InChI is InChI=1S/C25H29N3O/c1-17-7-5-6-8-19(17)15-28-16-21(14-26-28)27-24(29)23-13-22(23)18-9-11-20(12-10-18)25(2,3)4/h5-12,14,16,22-23H,13,15H2,1-4H3,(H,27,29)/t22-,23+/m1/s1. The molecule has 0 bridgehead atoms. The maximum atomic E-state index is 12.7. The number of amides is 1. The Morgan fingerprint density at radius 1 is 1.14 bits per heavy atom. The molecule has 0 aliphatic heterocycles. The molecule has 1 saturated carbocycles. The van der Waals surface area contributed by atoms with Gasteiger partial charge >= 0.3 is 0 Å². The smallest absolute Gasteiger partial charge is 0.228 e. The van der Waals surface area contributed by atoms with E-state index in [-0.39, 0.29) is 17.2 Å². The van der Waals surface area contributed by atoms with Gasteiger partial charge in [0.1, 0.15) is 0 Å². The summed E-state index contributed by atoms with van der Waals surface area (Å²) in [6.45, 7) is 9.45. The Hall–Kier alpha value is -2.88. The number of benzene rings is 2. The molecule has 0 spiro atoms. The van der Waals surface area contributed by atoms with E-state index in [4.69, 9.17) is 0 Å². The molecule has 4 heteroatoms. The Bertz CT molecular complexity index is 1010. The Morgan fingerprint density at radius 2 is 1.86 bits per heavy atom. The molecule has 0 radical (unpaired) electrons. The van der Waals surface area contributed by atoms with Crippen LogP contribution in [0.2, 0.25) is 0 Å². The minimum atomic E-state index is 0.0511. The van der Waals surface area contributed by atoms with Gasteiger partial charge in [0, 0.05) is 12.1 Å². The predicted molar refractivity (Wildman–Crippen MR) is 117 cm³/mol. The number of anilines is 1. The second-order valence-corrected chi connectivity index (χ2v) is 9.16. The van der Waals surface area contributed by atoms with Crippen LogP contribution in [0, 0.1) is 12.8 Å². The first-order chi connectivity index (χ1) is 13.8. The summed E-state index contributed by atoms with van der Waals surface area (Å²) in [6, 6.07) is 17.0. The van der Waals surface area contributed by atoms with Gasteiger partial charge in [0.25, 0.3) is 0 Å². The topological polar surface area (TPSA) is 46.9 Å². The summed E-state index contributed by atoms with van der Waals surface area (Å²) in [4.78, 5) is 12.7. The van der Waals surface area contributed by atoms with Gasteiger partial charge < -0.3 is 5.32 Å². The van der Waals surface area contributed by atoms with Gasteiger partial charge in [0.15, 0.2) is 0 Å². The summed E-state index contributed by atoms with van der Waals surface area (Å²) in [5.74, 6) is 0.464. The summed E-state index contributed by atoms with van der Waals surface area (Å²) in [5, 5.41) is 7.43. The van der Waals surface area contributed by atoms with Crippen LogP contribution in [0.5, 0.6) is 0 Å². The van der Waals surface area contributed by atoms with Crippen molar-refractivity contribution < 1.29 is 4.79 Å². The number of nitrogens with zero attached hydrogens (tertiary/aromatic N) is 2. The van der Waals surface area contributed by atoms with Crippen LogP contribution in [0.3, 0.4) is 0 Å². The third-order valence-corrected chi connectivity index (χ3v) is 5.83. The average molecular weight is 388 g/mol. The first-order valence-corrected chi connectivity index (χ1v) is 10.3. The maximum Gasteiger partial charge on any atom is 0.228 e. The van der Waals surface area contributed by atoms with Gasteiger partial charge in [-0.3, -0.25) is 9.48 Å². The zero-order chi connectivity index (χ0) is 20.6. The number of carbonyl (C=O) groups is 1. The van der Waals surface area contributed by atoms with Crippen molar-refractivity contribution in [2.45, 2.75) is 52.0 Å². The molecular weight excluding hydrogens is 358 g/mol. The van der Waals surface area contributed by atoms with E-state index in [1.54, 1.807) is 6.20 Å². The first kappa shape index (κ1) is 19.4. The van der Waals surface area contributed by atoms with Crippen LogP contribution in [0.4, 0.5) is 5.69 Å². The Balaban J connectivity index is 1.35. The van der Waals surface area contributed by atoms with Crippen molar-refractivity contribution in [1.82, 2.24) is 9.78 Å². The van der Waals surface area contributed by atoms with Crippen LogP contribution in [0.1, 0.15) is 55.4 Å².